The molecule has 0 unspecified atom stereocenters. The van der Waals surface area contributed by atoms with E-state index in [4.69, 9.17) is 20.5 Å². The zero-order chi connectivity index (χ0) is 14.5. The number of rotatable bonds is 2. The highest BCUT2D eigenvalue weighted by atomic mass is 19.4. The van der Waals surface area contributed by atoms with E-state index in [2.05, 4.69) is 0 Å². The Balaban J connectivity index is 2.83. The van der Waals surface area contributed by atoms with E-state index in [1.807, 2.05) is 0 Å². The fourth-order valence-electron chi connectivity index (χ4n) is 1.38. The molecule has 5 nitrogen and oxygen atoms in total. The van der Waals surface area contributed by atoms with E-state index in [-0.39, 0.29) is 11.4 Å². The molecule has 8 heteroatoms. The lowest BCUT2D eigenvalue weighted by Crippen LogP contribution is -2.40. The number of aliphatic hydroxyl groups is 1. The molecule has 1 fully saturated rings. The second-order valence-electron chi connectivity index (χ2n) is 3.69. The Bertz CT molecular complexity index is 443. The van der Waals surface area contributed by atoms with Crippen LogP contribution in [0.4, 0.5) is 13.2 Å². The predicted octanol–water partition coefficient (Wildman–Crippen LogP) is 1.75. The number of nitrogens with zero attached hydrogens (tertiary/aromatic N) is 2. The Hall–Kier alpha value is -2.01. The minimum atomic E-state index is -4.86. The van der Waals surface area contributed by atoms with E-state index in [9.17, 15) is 13.2 Å². The summed E-state index contributed by atoms with van der Waals surface area (Å²) in [4.78, 5) is 1.52. The molecule has 1 aliphatic rings. The fourth-order valence-corrected chi connectivity index (χ4v) is 1.38. The maximum Gasteiger partial charge on any atom is 0.448 e. The monoisotopic (exact) mass is 275 g/mol. The molecule has 0 aromatic rings. The number of morpholine rings is 1. The fraction of sp³-hybridized carbons (Fsp3) is 0.455. The van der Waals surface area contributed by atoms with Crippen molar-refractivity contribution < 1.29 is 23.0 Å². The number of halogens is 3. The lowest BCUT2D eigenvalue weighted by molar-refractivity contribution is -0.120. The Kier molecular flexibility index (Phi) is 4.94. The summed E-state index contributed by atoms with van der Waals surface area (Å²) in [5.41, 5.74) is -0.252. The number of ether oxygens (including phenoxy) is 1. The van der Waals surface area contributed by atoms with Gasteiger partial charge in [-0.15, -0.1) is 0 Å². The van der Waals surface area contributed by atoms with Crippen molar-refractivity contribution in [2.75, 3.05) is 26.3 Å². The predicted molar refractivity (Wildman–Crippen MR) is 60.6 cm³/mol. The first-order valence-corrected chi connectivity index (χ1v) is 5.36. The normalized spacial score (nSPS) is 18.1. The van der Waals surface area contributed by atoms with E-state index in [0.29, 0.717) is 32.4 Å². The molecule has 0 saturated carbocycles. The molecule has 1 aliphatic heterocycles. The molecule has 0 aromatic heterocycles. The van der Waals surface area contributed by atoms with Gasteiger partial charge in [0, 0.05) is 13.1 Å². The number of alkyl halides is 3. The lowest BCUT2D eigenvalue weighted by Gasteiger charge is -2.28. The summed E-state index contributed by atoms with van der Waals surface area (Å²) in [6, 6.07) is 1.64. The van der Waals surface area contributed by atoms with Crippen LogP contribution < -0.4 is 0 Å². The van der Waals surface area contributed by atoms with Gasteiger partial charge in [0.15, 0.2) is 5.76 Å². The molecular formula is C11H12F3N3O2. The van der Waals surface area contributed by atoms with Crippen molar-refractivity contribution in [3.63, 3.8) is 0 Å². The molecule has 0 radical (unpaired) electrons. The summed E-state index contributed by atoms with van der Waals surface area (Å²) in [6.07, 6.45) is -3.72. The first-order chi connectivity index (χ1) is 8.86. The van der Waals surface area contributed by atoms with Crippen molar-refractivity contribution >= 4 is 5.84 Å². The molecule has 0 amide bonds. The van der Waals surface area contributed by atoms with Crippen molar-refractivity contribution in [2.24, 2.45) is 0 Å². The molecule has 0 atom stereocenters. The third-order valence-corrected chi connectivity index (χ3v) is 2.40. The van der Waals surface area contributed by atoms with Gasteiger partial charge in [0.05, 0.1) is 18.8 Å². The topological polar surface area (TPSA) is 80.3 Å². The molecule has 0 bridgehead atoms. The second-order valence-corrected chi connectivity index (χ2v) is 3.69. The van der Waals surface area contributed by atoms with Crippen molar-refractivity contribution in [3.05, 3.63) is 23.5 Å². The van der Waals surface area contributed by atoms with E-state index >= 15 is 0 Å². The van der Waals surface area contributed by atoms with Gasteiger partial charge in [0.2, 0.25) is 0 Å². The van der Waals surface area contributed by atoms with Gasteiger partial charge in [-0.25, -0.2) is 0 Å². The van der Waals surface area contributed by atoms with Crippen LogP contribution >= 0.6 is 0 Å². The summed E-state index contributed by atoms with van der Waals surface area (Å²) in [5, 5.41) is 25.3. The standard InChI is InChI=1S/C11H12F3N3O2/c12-11(13,14)9(18)2-1-8(7-15)10(16)17-3-5-19-6-4-17/h1-2,16,18H,3-6H2/b8-1-,9-2+,16-10?. The minimum absolute atomic E-state index is 0.183. The molecule has 104 valence electrons. The van der Waals surface area contributed by atoms with Crippen LogP contribution in [0.5, 0.6) is 0 Å². The van der Waals surface area contributed by atoms with E-state index < -0.39 is 11.9 Å². The summed E-state index contributed by atoms with van der Waals surface area (Å²) < 4.78 is 41.2. The average Bonchev–Trinajstić information content (AvgIpc) is 2.38. The number of nitriles is 1. The molecule has 19 heavy (non-hydrogen) atoms. The van der Waals surface area contributed by atoms with Crippen LogP contribution in [0, 0.1) is 16.7 Å². The van der Waals surface area contributed by atoms with Gasteiger partial charge in [-0.05, 0) is 12.2 Å². The zero-order valence-electron chi connectivity index (χ0n) is 9.87. The van der Waals surface area contributed by atoms with E-state index in [0.717, 1.165) is 6.08 Å². The second kappa shape index (κ2) is 6.24. The molecule has 1 saturated heterocycles. The van der Waals surface area contributed by atoms with Crippen LogP contribution in [0.3, 0.4) is 0 Å². The van der Waals surface area contributed by atoms with E-state index in [1.54, 1.807) is 6.07 Å². The molecule has 0 aliphatic carbocycles. The first-order valence-electron chi connectivity index (χ1n) is 5.36. The quantitative estimate of drug-likeness (QED) is 0.264. The highest BCUT2D eigenvalue weighted by Crippen LogP contribution is 2.23. The molecule has 0 spiro atoms. The maximum absolute atomic E-state index is 12.0. The SMILES string of the molecule is N#C/C(=C/C=C(/O)C(F)(F)F)C(=N)N1CCOCC1. The Labute approximate surface area is 107 Å². The summed E-state index contributed by atoms with van der Waals surface area (Å²) in [5.74, 6) is -1.99. The largest absolute Gasteiger partial charge is 0.504 e. The van der Waals surface area contributed by atoms with Crippen LogP contribution in [-0.2, 0) is 4.74 Å². The van der Waals surface area contributed by atoms with Crippen molar-refractivity contribution in [3.8, 4) is 6.07 Å². The Morgan fingerprint density at radius 1 is 1.32 bits per heavy atom. The number of aliphatic hydroxyl groups excluding tert-OH is 1. The Morgan fingerprint density at radius 3 is 2.37 bits per heavy atom. The van der Waals surface area contributed by atoms with Gasteiger partial charge in [0.1, 0.15) is 11.9 Å². The van der Waals surface area contributed by atoms with E-state index in [1.165, 1.54) is 4.90 Å². The van der Waals surface area contributed by atoms with Gasteiger partial charge >= 0.3 is 6.18 Å². The average molecular weight is 275 g/mol. The molecule has 1 rings (SSSR count). The molecule has 2 N–H and O–H groups in total. The number of allylic oxidation sites excluding steroid dienone is 3. The minimum Gasteiger partial charge on any atom is -0.504 e. The van der Waals surface area contributed by atoms with Crippen LogP contribution in [0.25, 0.3) is 0 Å². The van der Waals surface area contributed by atoms with Gasteiger partial charge in [0.25, 0.3) is 0 Å². The Morgan fingerprint density at radius 2 is 1.89 bits per heavy atom. The van der Waals surface area contributed by atoms with Crippen LogP contribution in [0.2, 0.25) is 0 Å². The van der Waals surface area contributed by atoms with Crippen LogP contribution in [0.15, 0.2) is 23.5 Å². The van der Waals surface area contributed by atoms with Crippen LogP contribution in [-0.4, -0.2) is 48.3 Å². The number of hydrogen-bond acceptors (Lipinski definition) is 4. The summed E-state index contributed by atoms with van der Waals surface area (Å²) in [7, 11) is 0. The molecular weight excluding hydrogens is 263 g/mol. The maximum atomic E-state index is 12.0. The van der Waals surface area contributed by atoms with Crippen LogP contribution in [0.1, 0.15) is 0 Å². The summed E-state index contributed by atoms with van der Waals surface area (Å²) >= 11 is 0. The lowest BCUT2D eigenvalue weighted by atomic mass is 10.2. The number of amidine groups is 1. The number of hydrogen-bond donors (Lipinski definition) is 2. The highest BCUT2D eigenvalue weighted by Gasteiger charge is 2.33. The number of nitrogens with one attached hydrogen (secondary N) is 1. The third kappa shape index (κ3) is 4.30. The summed E-state index contributed by atoms with van der Waals surface area (Å²) in [6.45, 7) is 1.58. The van der Waals surface area contributed by atoms with Crippen molar-refractivity contribution in [1.82, 2.24) is 4.90 Å². The zero-order valence-corrected chi connectivity index (χ0v) is 9.87. The third-order valence-electron chi connectivity index (χ3n) is 2.40. The van der Waals surface area contributed by atoms with Crippen molar-refractivity contribution in [1.29, 1.82) is 10.7 Å². The molecule has 0 aromatic carbocycles. The highest BCUT2D eigenvalue weighted by molar-refractivity contribution is 5.99. The van der Waals surface area contributed by atoms with Gasteiger partial charge < -0.3 is 14.7 Å². The smallest absolute Gasteiger partial charge is 0.448 e. The van der Waals surface area contributed by atoms with Gasteiger partial charge in [-0.1, -0.05) is 0 Å². The van der Waals surface area contributed by atoms with Crippen molar-refractivity contribution in [2.45, 2.75) is 6.18 Å². The first kappa shape index (κ1) is 15.0. The van der Waals surface area contributed by atoms with Gasteiger partial charge in [-0.2, -0.15) is 18.4 Å². The molecule has 1 heterocycles. The van der Waals surface area contributed by atoms with Gasteiger partial charge in [-0.3, -0.25) is 5.41 Å².